The first-order valence-electron chi connectivity index (χ1n) is 4.23. The van der Waals surface area contributed by atoms with Gasteiger partial charge in [-0.05, 0) is 20.8 Å². The molecule has 1 atom stereocenters. The Hall–Kier alpha value is -1.11. The molecule has 6 nitrogen and oxygen atoms in total. The predicted octanol–water partition coefficient (Wildman–Crippen LogP) is -0.601. The second kappa shape index (κ2) is 4.18. The third-order valence-corrected chi connectivity index (χ3v) is 4.23. The van der Waals surface area contributed by atoms with Crippen molar-refractivity contribution in [2.45, 2.75) is 31.6 Å². The SMILES string of the molecule is CC(NC(=O)C(C)(C)S(C)(=O)=O)C(=O)O. The quantitative estimate of drug-likeness (QED) is 0.680. The van der Waals surface area contributed by atoms with Crippen LogP contribution in [0.1, 0.15) is 20.8 Å². The Morgan fingerprint density at radius 2 is 1.73 bits per heavy atom. The number of sulfone groups is 1. The molecule has 0 aliphatic rings. The lowest BCUT2D eigenvalue weighted by Crippen LogP contribution is -2.51. The van der Waals surface area contributed by atoms with Gasteiger partial charge in [-0.25, -0.2) is 8.42 Å². The van der Waals surface area contributed by atoms with E-state index in [0.29, 0.717) is 0 Å². The largest absolute Gasteiger partial charge is 0.480 e. The molecule has 0 radical (unpaired) electrons. The maximum absolute atomic E-state index is 11.5. The molecule has 0 aliphatic heterocycles. The number of hydrogen-bond donors (Lipinski definition) is 2. The van der Waals surface area contributed by atoms with Gasteiger partial charge in [0.1, 0.15) is 10.8 Å². The molecule has 2 N–H and O–H groups in total. The van der Waals surface area contributed by atoms with Crippen molar-refractivity contribution in [2.24, 2.45) is 0 Å². The summed E-state index contributed by atoms with van der Waals surface area (Å²) in [6.07, 6.45) is 0.929. The van der Waals surface area contributed by atoms with Gasteiger partial charge in [0.2, 0.25) is 5.91 Å². The minimum Gasteiger partial charge on any atom is -0.480 e. The van der Waals surface area contributed by atoms with Crippen LogP contribution in [0.3, 0.4) is 0 Å². The van der Waals surface area contributed by atoms with Crippen molar-refractivity contribution in [1.29, 1.82) is 0 Å². The summed E-state index contributed by atoms with van der Waals surface area (Å²) in [7, 11) is -3.58. The van der Waals surface area contributed by atoms with E-state index in [1.807, 2.05) is 0 Å². The van der Waals surface area contributed by atoms with Gasteiger partial charge in [-0.15, -0.1) is 0 Å². The van der Waals surface area contributed by atoms with E-state index in [1.54, 1.807) is 0 Å². The monoisotopic (exact) mass is 237 g/mol. The van der Waals surface area contributed by atoms with Crippen LogP contribution in [-0.4, -0.2) is 42.4 Å². The number of carbonyl (C=O) groups excluding carboxylic acids is 1. The van der Waals surface area contributed by atoms with Gasteiger partial charge in [-0.3, -0.25) is 9.59 Å². The number of carboxylic acids is 1. The number of hydrogen-bond acceptors (Lipinski definition) is 4. The highest BCUT2D eigenvalue weighted by molar-refractivity contribution is 7.92. The summed E-state index contributed by atoms with van der Waals surface area (Å²) in [5.41, 5.74) is 0. The summed E-state index contributed by atoms with van der Waals surface area (Å²) in [4.78, 5) is 21.9. The Morgan fingerprint density at radius 3 is 2.00 bits per heavy atom. The lowest BCUT2D eigenvalue weighted by atomic mass is 10.2. The second-order valence-electron chi connectivity index (χ2n) is 3.82. The van der Waals surface area contributed by atoms with Crippen molar-refractivity contribution < 1.29 is 23.1 Å². The second-order valence-corrected chi connectivity index (χ2v) is 6.38. The molecule has 0 rings (SSSR count). The highest BCUT2D eigenvalue weighted by Crippen LogP contribution is 2.15. The molecule has 0 spiro atoms. The molecule has 7 heteroatoms. The van der Waals surface area contributed by atoms with E-state index in [2.05, 4.69) is 5.32 Å². The van der Waals surface area contributed by atoms with Crippen LogP contribution in [0.25, 0.3) is 0 Å². The molecule has 0 heterocycles. The van der Waals surface area contributed by atoms with Gasteiger partial charge < -0.3 is 10.4 Å². The summed E-state index contributed by atoms with van der Waals surface area (Å²) in [5.74, 6) is -2.03. The van der Waals surface area contributed by atoms with Gasteiger partial charge in [0, 0.05) is 6.26 Å². The van der Waals surface area contributed by atoms with Crippen LogP contribution in [0.2, 0.25) is 0 Å². The van der Waals surface area contributed by atoms with Crippen LogP contribution in [0.4, 0.5) is 0 Å². The molecule has 15 heavy (non-hydrogen) atoms. The average Bonchev–Trinajstić information content (AvgIpc) is 2.01. The topological polar surface area (TPSA) is 101 Å². The Balaban J connectivity index is 4.82. The summed E-state index contributed by atoms with van der Waals surface area (Å²) < 4.78 is 20.8. The molecule has 0 aromatic heterocycles. The van der Waals surface area contributed by atoms with Crippen molar-refractivity contribution in [3.8, 4) is 0 Å². The van der Waals surface area contributed by atoms with E-state index in [0.717, 1.165) is 6.26 Å². The number of aliphatic carboxylic acids is 1. The third kappa shape index (κ3) is 3.19. The van der Waals surface area contributed by atoms with Gasteiger partial charge >= 0.3 is 5.97 Å². The van der Waals surface area contributed by atoms with E-state index in [9.17, 15) is 18.0 Å². The van der Waals surface area contributed by atoms with E-state index < -0.39 is 32.5 Å². The summed E-state index contributed by atoms with van der Waals surface area (Å²) in [5, 5.41) is 10.6. The lowest BCUT2D eigenvalue weighted by Gasteiger charge is -2.22. The summed E-state index contributed by atoms with van der Waals surface area (Å²) in [6.45, 7) is 3.72. The number of carbonyl (C=O) groups is 2. The molecule has 1 amide bonds. The van der Waals surface area contributed by atoms with Crippen molar-refractivity contribution in [3.63, 3.8) is 0 Å². The smallest absolute Gasteiger partial charge is 0.325 e. The molecular formula is C8H15NO5S. The third-order valence-electron chi connectivity index (χ3n) is 2.19. The first-order chi connectivity index (χ1) is 6.50. The van der Waals surface area contributed by atoms with E-state index in [1.165, 1.54) is 20.8 Å². The maximum Gasteiger partial charge on any atom is 0.325 e. The molecule has 88 valence electrons. The van der Waals surface area contributed by atoms with E-state index in [4.69, 9.17) is 5.11 Å². The molecule has 0 saturated carbocycles. The Kier molecular flexibility index (Phi) is 3.87. The van der Waals surface area contributed by atoms with Crippen LogP contribution >= 0.6 is 0 Å². The maximum atomic E-state index is 11.5. The van der Waals surface area contributed by atoms with Crippen LogP contribution in [0.5, 0.6) is 0 Å². The van der Waals surface area contributed by atoms with Gasteiger partial charge in [-0.1, -0.05) is 0 Å². The number of nitrogens with one attached hydrogen (secondary N) is 1. The normalized spacial score (nSPS) is 14.4. The highest BCUT2D eigenvalue weighted by atomic mass is 32.2. The van der Waals surface area contributed by atoms with Crippen molar-refractivity contribution >= 4 is 21.7 Å². The number of amides is 1. The molecular weight excluding hydrogens is 222 g/mol. The molecule has 0 saturated heterocycles. The van der Waals surface area contributed by atoms with Crippen LogP contribution in [-0.2, 0) is 19.4 Å². The van der Waals surface area contributed by atoms with Crippen molar-refractivity contribution in [3.05, 3.63) is 0 Å². The number of rotatable bonds is 4. The minimum atomic E-state index is -3.58. The van der Waals surface area contributed by atoms with Gasteiger partial charge in [0.15, 0.2) is 9.84 Å². The van der Waals surface area contributed by atoms with Crippen LogP contribution in [0.15, 0.2) is 0 Å². The van der Waals surface area contributed by atoms with Gasteiger partial charge in [-0.2, -0.15) is 0 Å². The zero-order chi connectivity index (χ0) is 12.4. The van der Waals surface area contributed by atoms with Crippen molar-refractivity contribution in [1.82, 2.24) is 5.32 Å². The fraction of sp³-hybridized carbons (Fsp3) is 0.750. The fourth-order valence-corrected chi connectivity index (χ4v) is 0.996. The standard InChI is InChI=1S/C8H15NO5S/c1-5(6(10)11)9-7(12)8(2,3)15(4,13)14/h5H,1-4H3,(H,9,12)(H,10,11). The molecule has 0 aromatic carbocycles. The van der Waals surface area contributed by atoms with E-state index in [-0.39, 0.29) is 0 Å². The first-order valence-corrected chi connectivity index (χ1v) is 6.12. The van der Waals surface area contributed by atoms with Crippen LogP contribution in [0, 0.1) is 0 Å². The lowest BCUT2D eigenvalue weighted by molar-refractivity contribution is -0.141. The Labute approximate surface area is 88.6 Å². The highest BCUT2D eigenvalue weighted by Gasteiger charge is 2.39. The zero-order valence-electron chi connectivity index (χ0n) is 9.07. The minimum absolute atomic E-state index is 0.820. The van der Waals surface area contributed by atoms with Gasteiger partial charge in [0.05, 0.1) is 0 Å². The average molecular weight is 237 g/mol. The molecule has 0 fully saturated rings. The fourth-order valence-electron chi connectivity index (χ4n) is 0.601. The first kappa shape index (κ1) is 13.9. The number of carboxylic acid groups (broad SMARTS) is 1. The summed E-state index contributed by atoms with van der Waals surface area (Å²) >= 11 is 0. The molecule has 0 bridgehead atoms. The summed E-state index contributed by atoms with van der Waals surface area (Å²) in [6, 6.07) is -1.11. The van der Waals surface area contributed by atoms with Gasteiger partial charge in [0.25, 0.3) is 0 Å². The Bertz CT molecular complexity index is 370. The zero-order valence-corrected chi connectivity index (χ0v) is 9.88. The van der Waals surface area contributed by atoms with Crippen molar-refractivity contribution in [2.75, 3.05) is 6.26 Å². The van der Waals surface area contributed by atoms with Crippen LogP contribution < -0.4 is 5.32 Å². The predicted molar refractivity (Wildman–Crippen MR) is 54.2 cm³/mol. The van der Waals surface area contributed by atoms with E-state index >= 15 is 0 Å². The molecule has 0 aliphatic carbocycles. The molecule has 0 aromatic rings. The molecule has 1 unspecified atom stereocenters. The Morgan fingerprint density at radius 1 is 1.33 bits per heavy atom.